The molecule has 428 valence electrons. The second kappa shape index (κ2) is 62.8. The average Bonchev–Trinajstić information content (AvgIpc) is 3.42. The second-order valence-electron chi connectivity index (χ2n) is 19.8. The Balaban J connectivity index is 4.32. The predicted octanol–water partition coefficient (Wildman–Crippen LogP) is 21.2. The van der Waals surface area contributed by atoms with Crippen LogP contribution in [0.5, 0.6) is 0 Å². The summed E-state index contributed by atoms with van der Waals surface area (Å²) in [4.78, 5) is 38.1. The molecular formula is C70H112O6. The summed E-state index contributed by atoms with van der Waals surface area (Å²) >= 11 is 0. The molecule has 0 radical (unpaired) electrons. The van der Waals surface area contributed by atoms with Crippen molar-refractivity contribution in [2.24, 2.45) is 0 Å². The van der Waals surface area contributed by atoms with Gasteiger partial charge in [0, 0.05) is 19.3 Å². The van der Waals surface area contributed by atoms with Crippen LogP contribution in [0.2, 0.25) is 0 Å². The van der Waals surface area contributed by atoms with Crippen molar-refractivity contribution >= 4 is 17.9 Å². The normalized spacial score (nSPS) is 13.1. The first-order valence-electron chi connectivity index (χ1n) is 30.8. The quantitative estimate of drug-likeness (QED) is 0.0261. The van der Waals surface area contributed by atoms with Crippen LogP contribution in [0.15, 0.2) is 146 Å². The van der Waals surface area contributed by atoms with Gasteiger partial charge in [0.15, 0.2) is 6.10 Å². The molecule has 0 aliphatic rings. The summed E-state index contributed by atoms with van der Waals surface area (Å²) < 4.78 is 16.8. The van der Waals surface area contributed by atoms with Crippen molar-refractivity contribution in [2.45, 2.75) is 264 Å². The molecule has 6 heteroatoms. The van der Waals surface area contributed by atoms with Gasteiger partial charge in [-0.2, -0.15) is 0 Å². The van der Waals surface area contributed by atoms with Crippen molar-refractivity contribution < 1.29 is 28.6 Å². The molecule has 0 aromatic rings. The molecule has 0 aromatic carbocycles. The molecule has 0 rings (SSSR count). The molecule has 0 amide bonds. The maximum absolute atomic E-state index is 12.8. The van der Waals surface area contributed by atoms with Crippen LogP contribution in [0.25, 0.3) is 0 Å². The van der Waals surface area contributed by atoms with Gasteiger partial charge >= 0.3 is 17.9 Å². The Morgan fingerprint density at radius 3 is 0.868 bits per heavy atom. The van der Waals surface area contributed by atoms with Crippen LogP contribution in [0.4, 0.5) is 0 Å². The van der Waals surface area contributed by atoms with Crippen LogP contribution >= 0.6 is 0 Å². The topological polar surface area (TPSA) is 78.9 Å². The van der Waals surface area contributed by atoms with Crippen LogP contribution in [-0.4, -0.2) is 37.2 Å². The summed E-state index contributed by atoms with van der Waals surface area (Å²) in [6, 6.07) is 0. The summed E-state index contributed by atoms with van der Waals surface area (Å²) in [6.45, 7) is 6.27. The van der Waals surface area contributed by atoms with Gasteiger partial charge in [-0.15, -0.1) is 0 Å². The lowest BCUT2D eigenvalue weighted by molar-refractivity contribution is -0.166. The van der Waals surface area contributed by atoms with Crippen LogP contribution < -0.4 is 0 Å². The smallest absolute Gasteiger partial charge is 0.306 e. The van der Waals surface area contributed by atoms with E-state index in [4.69, 9.17) is 14.2 Å². The van der Waals surface area contributed by atoms with E-state index in [0.29, 0.717) is 19.3 Å². The summed E-state index contributed by atoms with van der Waals surface area (Å²) in [7, 11) is 0. The lowest BCUT2D eigenvalue weighted by Gasteiger charge is -2.18. The van der Waals surface area contributed by atoms with Gasteiger partial charge in [0.25, 0.3) is 0 Å². The maximum Gasteiger partial charge on any atom is 0.306 e. The minimum absolute atomic E-state index is 0.116. The third-order valence-electron chi connectivity index (χ3n) is 12.6. The molecule has 0 saturated carbocycles. The Morgan fingerprint density at radius 2 is 0.539 bits per heavy atom. The fourth-order valence-electron chi connectivity index (χ4n) is 8.03. The van der Waals surface area contributed by atoms with E-state index in [9.17, 15) is 14.4 Å². The highest BCUT2D eigenvalue weighted by Crippen LogP contribution is 2.15. The van der Waals surface area contributed by atoms with Gasteiger partial charge in [0.2, 0.25) is 0 Å². The molecule has 0 fully saturated rings. The Labute approximate surface area is 467 Å². The number of unbranched alkanes of at least 4 members (excludes halogenated alkanes) is 19. The van der Waals surface area contributed by atoms with Gasteiger partial charge in [-0.1, -0.05) is 263 Å². The summed E-state index contributed by atoms with van der Waals surface area (Å²) in [5.74, 6) is -1.02. The van der Waals surface area contributed by atoms with E-state index in [1.807, 2.05) is 12.2 Å². The predicted molar refractivity (Wildman–Crippen MR) is 329 cm³/mol. The fourth-order valence-corrected chi connectivity index (χ4v) is 8.03. The molecule has 76 heavy (non-hydrogen) atoms. The Morgan fingerprint density at radius 1 is 0.276 bits per heavy atom. The van der Waals surface area contributed by atoms with E-state index in [1.54, 1.807) is 0 Å². The number of esters is 3. The Kier molecular flexibility index (Phi) is 58.9. The molecule has 0 aliphatic heterocycles. The second-order valence-corrected chi connectivity index (χ2v) is 19.8. The van der Waals surface area contributed by atoms with Gasteiger partial charge in [-0.3, -0.25) is 14.4 Å². The molecule has 0 aromatic heterocycles. The summed E-state index contributed by atoms with van der Waals surface area (Å²) in [5.41, 5.74) is 0. The lowest BCUT2D eigenvalue weighted by atomic mass is 10.0. The Bertz CT molecular complexity index is 1680. The summed E-state index contributed by atoms with van der Waals surface area (Å²) in [6.07, 6.45) is 90.2. The summed E-state index contributed by atoms with van der Waals surface area (Å²) in [5, 5.41) is 0. The standard InChI is InChI=1S/C70H112O6/c1-4-7-10-13-16-19-22-24-26-28-30-31-32-33-34-35-36-37-38-39-41-42-44-46-48-51-54-57-60-63-69(72)75-66-67(65-74-68(71)62-59-56-53-50-21-18-15-12-9-6-3)76-70(73)64-61-58-55-52-49-47-45-43-40-29-27-25-23-20-17-14-11-8-5-2/h7-8,10-12,15-17,19-20,24-27,30-31,33-34,40,43,47,49,55,58,67H,4-6,9,13-14,18,21-23,28-29,32,35-39,41-42,44-46,48,50-54,56-57,59-66H2,1-3H3/b10-7-,11-8-,15-12-,19-16-,20-17-,26-24-,27-25-,31-30-,34-33-,43-40-,49-47-,58-55-. The van der Waals surface area contributed by atoms with Crippen LogP contribution in [0, 0.1) is 0 Å². The molecule has 0 aliphatic carbocycles. The van der Waals surface area contributed by atoms with Gasteiger partial charge in [-0.25, -0.2) is 0 Å². The van der Waals surface area contributed by atoms with E-state index in [1.165, 1.54) is 83.5 Å². The largest absolute Gasteiger partial charge is 0.462 e. The molecule has 0 saturated heterocycles. The highest BCUT2D eigenvalue weighted by molar-refractivity contribution is 5.71. The molecule has 0 spiro atoms. The minimum Gasteiger partial charge on any atom is -0.462 e. The molecular weight excluding hydrogens is 937 g/mol. The minimum atomic E-state index is -0.827. The van der Waals surface area contributed by atoms with Crippen molar-refractivity contribution in [3.05, 3.63) is 146 Å². The zero-order valence-corrected chi connectivity index (χ0v) is 49.0. The van der Waals surface area contributed by atoms with E-state index in [-0.39, 0.29) is 31.6 Å². The van der Waals surface area contributed by atoms with Crippen molar-refractivity contribution in [2.75, 3.05) is 13.2 Å². The third kappa shape index (κ3) is 60.2. The molecule has 1 atom stereocenters. The molecule has 1 unspecified atom stereocenters. The number of carbonyl (C=O) groups is 3. The van der Waals surface area contributed by atoms with Crippen molar-refractivity contribution in [3.63, 3.8) is 0 Å². The van der Waals surface area contributed by atoms with Gasteiger partial charge in [-0.05, 0) is 122 Å². The maximum atomic E-state index is 12.8. The van der Waals surface area contributed by atoms with E-state index >= 15 is 0 Å². The average molecular weight is 1050 g/mol. The highest BCUT2D eigenvalue weighted by atomic mass is 16.6. The van der Waals surface area contributed by atoms with E-state index < -0.39 is 12.1 Å². The fraction of sp³-hybridized carbons (Fsp3) is 0.614. The van der Waals surface area contributed by atoms with Crippen LogP contribution in [0.1, 0.15) is 258 Å². The van der Waals surface area contributed by atoms with Crippen molar-refractivity contribution in [1.29, 1.82) is 0 Å². The first kappa shape index (κ1) is 71.3. The Hall–Kier alpha value is -4.71. The highest BCUT2D eigenvalue weighted by Gasteiger charge is 2.19. The number of rotatable bonds is 54. The van der Waals surface area contributed by atoms with Gasteiger partial charge < -0.3 is 14.2 Å². The van der Waals surface area contributed by atoms with Crippen molar-refractivity contribution in [1.82, 2.24) is 0 Å². The number of carbonyl (C=O) groups excluding carboxylic acids is 3. The first-order chi connectivity index (χ1) is 37.5. The SMILES string of the molecule is CC/C=C\C/C=C\C/C=C\C/C=C\C/C=C\C/C=C\CCC(=O)OC(COC(=O)CCCCCCC/C=C\CCC)COC(=O)CCCCCCCCCCCCCCC/C=C\C/C=C\C/C=C\C/C=C\C/C=C\CC. The molecule has 0 bridgehead atoms. The molecule has 0 heterocycles. The van der Waals surface area contributed by atoms with Crippen LogP contribution in [-0.2, 0) is 28.6 Å². The lowest BCUT2D eigenvalue weighted by Crippen LogP contribution is -2.30. The third-order valence-corrected chi connectivity index (χ3v) is 12.6. The number of hydrogen-bond acceptors (Lipinski definition) is 6. The molecule has 6 nitrogen and oxygen atoms in total. The van der Waals surface area contributed by atoms with Crippen molar-refractivity contribution in [3.8, 4) is 0 Å². The van der Waals surface area contributed by atoms with Gasteiger partial charge in [0.1, 0.15) is 13.2 Å². The number of hydrogen-bond donors (Lipinski definition) is 0. The van der Waals surface area contributed by atoms with E-state index in [0.717, 1.165) is 128 Å². The zero-order chi connectivity index (χ0) is 55.0. The monoisotopic (exact) mass is 1050 g/mol. The zero-order valence-electron chi connectivity index (χ0n) is 49.0. The number of allylic oxidation sites excluding steroid dienone is 24. The van der Waals surface area contributed by atoms with Crippen LogP contribution in [0.3, 0.4) is 0 Å². The molecule has 0 N–H and O–H groups in total. The van der Waals surface area contributed by atoms with E-state index in [2.05, 4.69) is 154 Å². The first-order valence-corrected chi connectivity index (χ1v) is 30.8. The van der Waals surface area contributed by atoms with Gasteiger partial charge in [0.05, 0.1) is 0 Å². The number of ether oxygens (including phenoxy) is 3.